The first-order valence-electron chi connectivity index (χ1n) is 5.72. The molecule has 2 saturated heterocycles. The second kappa shape index (κ2) is 4.60. The van der Waals surface area contributed by atoms with Gasteiger partial charge in [-0.2, -0.15) is 0 Å². The van der Waals surface area contributed by atoms with Crippen molar-refractivity contribution in [1.82, 2.24) is 4.90 Å². The third-order valence-corrected chi connectivity index (χ3v) is 4.94. The van der Waals surface area contributed by atoms with Crippen LogP contribution >= 0.6 is 0 Å². The Labute approximate surface area is 96.3 Å². The predicted octanol–water partition coefficient (Wildman–Crippen LogP) is -0.745. The molecule has 0 aromatic carbocycles. The van der Waals surface area contributed by atoms with Gasteiger partial charge < -0.3 is 9.84 Å². The normalized spacial score (nSPS) is 40.8. The van der Waals surface area contributed by atoms with Crippen molar-refractivity contribution >= 4 is 9.84 Å². The Kier molecular flexibility index (Phi) is 3.53. The van der Waals surface area contributed by atoms with E-state index in [-0.39, 0.29) is 23.7 Å². The molecule has 2 fully saturated rings. The van der Waals surface area contributed by atoms with Crippen LogP contribution in [0.4, 0.5) is 0 Å². The summed E-state index contributed by atoms with van der Waals surface area (Å²) in [5.74, 6) is -0.00963. The molecule has 0 amide bonds. The maximum Gasteiger partial charge on any atom is 0.154 e. The van der Waals surface area contributed by atoms with Crippen LogP contribution in [0.25, 0.3) is 0 Å². The molecule has 2 aliphatic rings. The minimum atomic E-state index is -3.06. The molecule has 0 aliphatic carbocycles. The monoisotopic (exact) mass is 249 g/mol. The number of sulfone groups is 1. The number of hydrogen-bond acceptors (Lipinski definition) is 5. The molecule has 0 radical (unpaired) electrons. The zero-order valence-electron chi connectivity index (χ0n) is 9.50. The van der Waals surface area contributed by atoms with E-state index in [2.05, 4.69) is 4.90 Å². The minimum Gasteiger partial charge on any atom is -0.390 e. The smallest absolute Gasteiger partial charge is 0.154 e. The van der Waals surface area contributed by atoms with Crippen LogP contribution in [-0.2, 0) is 14.6 Å². The van der Waals surface area contributed by atoms with Crippen LogP contribution in [0.5, 0.6) is 0 Å². The number of nitrogens with zero attached hydrogens (tertiary/aromatic N) is 1. The summed E-state index contributed by atoms with van der Waals surface area (Å²) < 4.78 is 28.4. The molecule has 3 unspecified atom stereocenters. The lowest BCUT2D eigenvalue weighted by Gasteiger charge is -2.29. The molecule has 2 heterocycles. The van der Waals surface area contributed by atoms with Gasteiger partial charge in [0, 0.05) is 19.7 Å². The van der Waals surface area contributed by atoms with Gasteiger partial charge in [-0.1, -0.05) is 0 Å². The van der Waals surface area contributed by atoms with Crippen LogP contribution in [0.3, 0.4) is 0 Å². The Balaban J connectivity index is 2.06. The molecule has 94 valence electrons. The fourth-order valence-electron chi connectivity index (χ4n) is 2.49. The van der Waals surface area contributed by atoms with E-state index in [4.69, 9.17) is 4.74 Å². The zero-order chi connectivity index (χ0) is 11.8. The maximum atomic E-state index is 11.4. The number of aliphatic hydroxyl groups is 1. The van der Waals surface area contributed by atoms with Gasteiger partial charge >= 0.3 is 0 Å². The summed E-state index contributed by atoms with van der Waals surface area (Å²) in [6, 6.07) is -0.242. The van der Waals surface area contributed by atoms with Crippen LogP contribution in [-0.4, -0.2) is 67.9 Å². The molecule has 5 nitrogen and oxygen atoms in total. The molecule has 16 heavy (non-hydrogen) atoms. The summed E-state index contributed by atoms with van der Waals surface area (Å²) in [6.45, 7) is 4.21. The molecule has 0 bridgehead atoms. The molecule has 0 spiro atoms. The predicted molar refractivity (Wildman–Crippen MR) is 60.1 cm³/mol. The zero-order valence-corrected chi connectivity index (χ0v) is 10.3. The molecule has 2 aliphatic heterocycles. The highest BCUT2D eigenvalue weighted by molar-refractivity contribution is 7.91. The van der Waals surface area contributed by atoms with Crippen molar-refractivity contribution in [1.29, 1.82) is 0 Å². The van der Waals surface area contributed by atoms with Crippen molar-refractivity contribution in [2.75, 3.05) is 31.2 Å². The molecular formula is C10H19NO4S. The molecule has 6 heteroatoms. The van der Waals surface area contributed by atoms with Crippen LogP contribution < -0.4 is 0 Å². The van der Waals surface area contributed by atoms with E-state index in [0.29, 0.717) is 13.2 Å². The summed E-state index contributed by atoms with van der Waals surface area (Å²) in [5.41, 5.74) is 0. The fourth-order valence-corrected chi connectivity index (χ4v) is 4.32. The van der Waals surface area contributed by atoms with E-state index in [9.17, 15) is 13.5 Å². The third kappa shape index (κ3) is 2.74. The van der Waals surface area contributed by atoms with Gasteiger partial charge in [0.15, 0.2) is 9.84 Å². The van der Waals surface area contributed by atoms with E-state index in [1.165, 1.54) is 0 Å². The minimum absolute atomic E-state index is 0.0842. The Morgan fingerprint density at radius 1 is 1.38 bits per heavy atom. The number of ether oxygens (including phenoxy) is 1. The van der Waals surface area contributed by atoms with Gasteiger partial charge in [-0.05, 0) is 13.3 Å². The average Bonchev–Trinajstić information content (AvgIpc) is 2.37. The van der Waals surface area contributed by atoms with Crippen molar-refractivity contribution in [3.63, 3.8) is 0 Å². The molecular weight excluding hydrogens is 230 g/mol. The van der Waals surface area contributed by atoms with Gasteiger partial charge in [0.25, 0.3) is 0 Å². The summed E-state index contributed by atoms with van der Waals surface area (Å²) >= 11 is 0. The molecule has 1 N–H and O–H groups in total. The van der Waals surface area contributed by atoms with Gasteiger partial charge in [0.1, 0.15) is 0 Å². The van der Waals surface area contributed by atoms with Crippen molar-refractivity contribution in [3.05, 3.63) is 0 Å². The molecule has 0 aromatic rings. The third-order valence-electron chi connectivity index (χ3n) is 3.25. The van der Waals surface area contributed by atoms with E-state index in [1.54, 1.807) is 0 Å². The van der Waals surface area contributed by atoms with Crippen LogP contribution in [0.1, 0.15) is 13.3 Å². The Morgan fingerprint density at radius 3 is 2.75 bits per heavy atom. The highest BCUT2D eigenvalue weighted by Gasteiger charge is 2.40. The van der Waals surface area contributed by atoms with Crippen molar-refractivity contribution in [2.24, 2.45) is 0 Å². The number of aliphatic hydroxyl groups excluding tert-OH is 1. The largest absolute Gasteiger partial charge is 0.390 e. The lowest BCUT2D eigenvalue weighted by molar-refractivity contribution is 0.0425. The van der Waals surface area contributed by atoms with E-state index >= 15 is 0 Å². The quantitative estimate of drug-likeness (QED) is 0.662. The van der Waals surface area contributed by atoms with Crippen LogP contribution in [0.15, 0.2) is 0 Å². The highest BCUT2D eigenvalue weighted by Crippen LogP contribution is 2.20. The molecule has 0 aromatic heterocycles. The fraction of sp³-hybridized carbons (Fsp3) is 1.00. The van der Waals surface area contributed by atoms with Crippen LogP contribution in [0.2, 0.25) is 0 Å². The molecule has 2 rings (SSSR count). The van der Waals surface area contributed by atoms with Gasteiger partial charge in [0.2, 0.25) is 0 Å². The van der Waals surface area contributed by atoms with E-state index < -0.39 is 15.9 Å². The highest BCUT2D eigenvalue weighted by atomic mass is 32.2. The molecule has 0 saturated carbocycles. The Morgan fingerprint density at radius 2 is 2.12 bits per heavy atom. The van der Waals surface area contributed by atoms with Gasteiger partial charge in [-0.15, -0.1) is 0 Å². The van der Waals surface area contributed by atoms with Crippen molar-refractivity contribution in [2.45, 2.75) is 31.6 Å². The first-order valence-corrected chi connectivity index (χ1v) is 7.54. The Hall–Kier alpha value is -0.170. The van der Waals surface area contributed by atoms with Gasteiger partial charge in [-0.3, -0.25) is 4.90 Å². The first-order chi connectivity index (χ1) is 7.48. The lowest BCUT2D eigenvalue weighted by Crippen LogP contribution is -2.45. The Bertz CT molecular complexity index is 343. The van der Waals surface area contributed by atoms with E-state index in [1.807, 2.05) is 6.92 Å². The van der Waals surface area contributed by atoms with Crippen molar-refractivity contribution < 1.29 is 18.3 Å². The summed E-state index contributed by atoms with van der Waals surface area (Å²) in [4.78, 5) is 2.06. The van der Waals surface area contributed by atoms with Crippen molar-refractivity contribution in [3.8, 4) is 0 Å². The topological polar surface area (TPSA) is 66.8 Å². The number of hydrogen-bond donors (Lipinski definition) is 1. The molecule has 3 atom stereocenters. The summed E-state index contributed by atoms with van der Waals surface area (Å²) in [6.07, 6.45) is 0.265. The van der Waals surface area contributed by atoms with Gasteiger partial charge in [-0.25, -0.2) is 8.42 Å². The van der Waals surface area contributed by atoms with Crippen LogP contribution in [0, 0.1) is 0 Å². The van der Waals surface area contributed by atoms with Gasteiger partial charge in [0.05, 0.1) is 29.8 Å². The lowest BCUT2D eigenvalue weighted by atomic mass is 10.1. The summed E-state index contributed by atoms with van der Waals surface area (Å²) in [5, 5.41) is 9.79. The standard InChI is InChI=1S/C10H19NO4S/c1-8-5-11(3-2-4-15-8)9-6-16(13,14)7-10(9)12/h8-10,12H,2-7H2,1H3. The van der Waals surface area contributed by atoms with E-state index in [0.717, 1.165) is 13.0 Å². The first kappa shape index (κ1) is 12.3. The average molecular weight is 249 g/mol. The second-order valence-electron chi connectivity index (χ2n) is 4.74. The summed E-state index contributed by atoms with van der Waals surface area (Å²) in [7, 11) is -3.06. The second-order valence-corrected chi connectivity index (χ2v) is 6.90. The number of rotatable bonds is 1. The maximum absolute atomic E-state index is 11.4. The SMILES string of the molecule is CC1CN(C2CS(=O)(=O)CC2O)CCCO1.